The van der Waals surface area contributed by atoms with Gasteiger partial charge in [-0.25, -0.2) is 9.98 Å². The fourth-order valence-corrected chi connectivity index (χ4v) is 5.15. The molecule has 9 heteroatoms. The molecule has 0 amide bonds. The van der Waals surface area contributed by atoms with Crippen LogP contribution in [0.2, 0.25) is 0 Å². The molecule has 2 aliphatic rings. The summed E-state index contributed by atoms with van der Waals surface area (Å²) in [7, 11) is 2.00. The van der Waals surface area contributed by atoms with E-state index < -0.39 is 0 Å². The Morgan fingerprint density at radius 2 is 2.07 bits per heavy atom. The van der Waals surface area contributed by atoms with E-state index in [1.54, 1.807) is 6.20 Å². The summed E-state index contributed by atoms with van der Waals surface area (Å²) in [6.45, 7) is 0.934. The van der Waals surface area contributed by atoms with Crippen LogP contribution in [0.3, 0.4) is 0 Å². The number of hydrogen-bond acceptors (Lipinski definition) is 7. The fourth-order valence-electron chi connectivity index (χ4n) is 4.31. The number of rotatable bonds is 3. The standard InChI is InChI=1S/C21H18N6O2S/c1-27-14-5-3-2-4-12(14)25-21(27)30-17-7-6-16(29-17)18-11-8-23-26-20(11)24-13-9-22-10-15(28)19(13)18/h2-8,18-19,22H,9-10H2,1H3,(H,23,26). The van der Waals surface area contributed by atoms with Crippen molar-refractivity contribution in [1.29, 1.82) is 0 Å². The third-order valence-electron chi connectivity index (χ3n) is 5.73. The molecule has 0 aliphatic carbocycles. The first kappa shape index (κ1) is 17.7. The molecule has 2 atom stereocenters. The van der Waals surface area contributed by atoms with Gasteiger partial charge in [0.05, 0.1) is 35.6 Å². The topological polar surface area (TPSA) is 101 Å². The average Bonchev–Trinajstić information content (AvgIpc) is 3.47. The number of ketones is 1. The molecule has 2 N–H and O–H groups in total. The Labute approximate surface area is 175 Å². The number of aryl methyl sites for hydroxylation is 1. The molecule has 2 aliphatic heterocycles. The highest BCUT2D eigenvalue weighted by molar-refractivity contribution is 7.99. The van der Waals surface area contributed by atoms with Gasteiger partial charge in [-0.3, -0.25) is 9.89 Å². The van der Waals surface area contributed by atoms with Crippen molar-refractivity contribution in [3.63, 3.8) is 0 Å². The maximum atomic E-state index is 12.8. The number of hydrogen-bond donors (Lipinski definition) is 2. The number of aromatic nitrogens is 4. The van der Waals surface area contributed by atoms with E-state index in [4.69, 9.17) is 9.40 Å². The van der Waals surface area contributed by atoms with Crippen molar-refractivity contribution in [2.75, 3.05) is 13.1 Å². The molecular formula is C21H18N6O2S. The number of H-pyrrole nitrogens is 1. The van der Waals surface area contributed by atoms with Gasteiger partial charge in [0.15, 0.2) is 21.8 Å². The van der Waals surface area contributed by atoms with Crippen molar-refractivity contribution in [3.8, 4) is 0 Å². The van der Waals surface area contributed by atoms with Gasteiger partial charge in [0.1, 0.15) is 5.76 Å². The highest BCUT2D eigenvalue weighted by atomic mass is 32.2. The highest BCUT2D eigenvalue weighted by Crippen LogP contribution is 2.44. The van der Waals surface area contributed by atoms with Gasteiger partial charge in [-0.1, -0.05) is 12.1 Å². The number of Topliss-reactive ketones (excluding diaryl/α,β-unsaturated/α-hetero) is 1. The summed E-state index contributed by atoms with van der Waals surface area (Å²) in [5, 5.41) is 11.8. The minimum absolute atomic E-state index is 0.123. The molecule has 6 rings (SSSR count). The average molecular weight is 418 g/mol. The Morgan fingerprint density at radius 3 is 2.97 bits per heavy atom. The Morgan fingerprint density at radius 1 is 1.17 bits per heavy atom. The van der Waals surface area contributed by atoms with Crippen LogP contribution in [0.1, 0.15) is 17.2 Å². The number of para-hydroxylation sites is 2. The summed E-state index contributed by atoms with van der Waals surface area (Å²) < 4.78 is 8.30. The lowest BCUT2D eigenvalue weighted by Crippen LogP contribution is -2.48. The molecule has 1 saturated heterocycles. The van der Waals surface area contributed by atoms with Crippen molar-refractivity contribution >= 4 is 40.1 Å². The largest absolute Gasteiger partial charge is 0.454 e. The number of nitrogens with one attached hydrogen (secondary N) is 2. The normalized spacial score (nSPS) is 20.8. The van der Waals surface area contributed by atoms with Gasteiger partial charge < -0.3 is 14.3 Å². The molecule has 0 spiro atoms. The molecule has 0 radical (unpaired) electrons. The summed E-state index contributed by atoms with van der Waals surface area (Å²) in [6.07, 6.45) is 1.75. The second kappa shape index (κ2) is 6.68. The molecular weight excluding hydrogens is 400 g/mol. The predicted octanol–water partition coefficient (Wildman–Crippen LogP) is 3.05. The number of piperidine rings is 1. The van der Waals surface area contributed by atoms with E-state index in [-0.39, 0.29) is 17.6 Å². The quantitative estimate of drug-likeness (QED) is 0.530. The lowest BCUT2D eigenvalue weighted by Gasteiger charge is -2.32. The third-order valence-corrected chi connectivity index (χ3v) is 6.70. The van der Waals surface area contributed by atoms with Gasteiger partial charge in [-0.15, -0.1) is 0 Å². The number of imidazole rings is 1. The first-order valence-corrected chi connectivity index (χ1v) is 10.5. The van der Waals surface area contributed by atoms with Gasteiger partial charge in [0.25, 0.3) is 0 Å². The van der Waals surface area contributed by atoms with Crippen molar-refractivity contribution in [2.24, 2.45) is 18.0 Å². The number of fused-ring (bicyclic) bond motifs is 3. The predicted molar refractivity (Wildman–Crippen MR) is 112 cm³/mol. The van der Waals surface area contributed by atoms with Gasteiger partial charge >= 0.3 is 0 Å². The minimum Gasteiger partial charge on any atom is -0.454 e. The summed E-state index contributed by atoms with van der Waals surface area (Å²) in [5.41, 5.74) is 3.75. The van der Waals surface area contributed by atoms with Gasteiger partial charge in [-0.2, -0.15) is 5.10 Å². The van der Waals surface area contributed by atoms with Crippen LogP contribution in [0.5, 0.6) is 0 Å². The molecule has 0 saturated carbocycles. The van der Waals surface area contributed by atoms with Gasteiger partial charge in [-0.05, 0) is 36.0 Å². The molecule has 0 bridgehead atoms. The lowest BCUT2D eigenvalue weighted by atomic mass is 9.76. The fraction of sp³-hybridized carbons (Fsp3) is 0.238. The number of furan rings is 1. The molecule has 1 fully saturated rings. The Bertz CT molecular complexity index is 1320. The highest BCUT2D eigenvalue weighted by Gasteiger charge is 2.43. The third kappa shape index (κ3) is 2.66. The molecule has 30 heavy (non-hydrogen) atoms. The SMILES string of the molecule is Cn1c(Sc2ccc(C3c4cn[nH]c4N=C4CNCC(=O)C43)o2)nc2ccccc21. The lowest BCUT2D eigenvalue weighted by molar-refractivity contribution is -0.121. The molecule has 2 unspecified atom stereocenters. The van der Waals surface area contributed by atoms with Crippen molar-refractivity contribution in [3.05, 3.63) is 53.9 Å². The van der Waals surface area contributed by atoms with Crippen molar-refractivity contribution in [2.45, 2.75) is 16.2 Å². The van der Waals surface area contributed by atoms with E-state index in [1.165, 1.54) is 11.8 Å². The number of carbonyl (C=O) groups excluding carboxylic acids is 1. The van der Waals surface area contributed by atoms with Crippen LogP contribution in [0.4, 0.5) is 5.82 Å². The molecule has 4 aromatic rings. The monoisotopic (exact) mass is 418 g/mol. The number of aromatic amines is 1. The smallest absolute Gasteiger partial charge is 0.176 e. The molecule has 5 heterocycles. The van der Waals surface area contributed by atoms with Gasteiger partial charge in [0.2, 0.25) is 0 Å². The Hall–Kier alpha value is -3.17. The van der Waals surface area contributed by atoms with Crippen LogP contribution in [0.25, 0.3) is 11.0 Å². The second-order valence-corrected chi connectivity index (χ2v) is 8.47. The van der Waals surface area contributed by atoms with Crippen LogP contribution in [0, 0.1) is 5.92 Å². The first-order valence-electron chi connectivity index (χ1n) is 9.72. The summed E-state index contributed by atoms with van der Waals surface area (Å²) >= 11 is 1.47. The minimum atomic E-state index is -0.323. The van der Waals surface area contributed by atoms with Crippen LogP contribution in [-0.2, 0) is 11.8 Å². The maximum Gasteiger partial charge on any atom is 0.176 e. The summed E-state index contributed by atoms with van der Waals surface area (Å²) in [6, 6.07) is 11.9. The number of aliphatic imine (C=N–C) groups is 1. The van der Waals surface area contributed by atoms with Crippen LogP contribution in [-0.4, -0.2) is 44.3 Å². The Balaban J connectivity index is 1.37. The van der Waals surface area contributed by atoms with E-state index >= 15 is 0 Å². The van der Waals surface area contributed by atoms with Gasteiger partial charge in [0, 0.05) is 24.9 Å². The molecule has 3 aromatic heterocycles. The zero-order valence-corrected chi connectivity index (χ0v) is 16.9. The Kier molecular flexibility index (Phi) is 3.93. The second-order valence-electron chi connectivity index (χ2n) is 7.50. The molecule has 8 nitrogen and oxygen atoms in total. The van der Waals surface area contributed by atoms with Crippen molar-refractivity contribution in [1.82, 2.24) is 25.1 Å². The maximum absolute atomic E-state index is 12.8. The molecule has 1 aromatic carbocycles. The summed E-state index contributed by atoms with van der Waals surface area (Å²) in [4.78, 5) is 22.1. The zero-order valence-electron chi connectivity index (χ0n) is 16.1. The zero-order chi connectivity index (χ0) is 20.2. The van der Waals surface area contributed by atoms with E-state index in [1.807, 2.05) is 43.4 Å². The van der Waals surface area contributed by atoms with E-state index in [0.717, 1.165) is 38.3 Å². The van der Waals surface area contributed by atoms with E-state index in [0.29, 0.717) is 18.9 Å². The molecule has 150 valence electrons. The number of carbonyl (C=O) groups is 1. The van der Waals surface area contributed by atoms with Crippen LogP contribution >= 0.6 is 11.8 Å². The van der Waals surface area contributed by atoms with Crippen LogP contribution < -0.4 is 5.32 Å². The van der Waals surface area contributed by atoms with Crippen molar-refractivity contribution < 1.29 is 9.21 Å². The number of benzene rings is 1. The summed E-state index contributed by atoms with van der Waals surface area (Å²) in [5.74, 6) is 1.01. The first-order chi connectivity index (χ1) is 14.7. The number of nitrogens with zero attached hydrogens (tertiary/aromatic N) is 4. The van der Waals surface area contributed by atoms with E-state index in [2.05, 4.69) is 25.1 Å². The van der Waals surface area contributed by atoms with Crippen LogP contribution in [0.15, 0.2) is 62.3 Å². The van der Waals surface area contributed by atoms with E-state index in [9.17, 15) is 4.79 Å².